The van der Waals surface area contributed by atoms with Crippen LogP contribution in [0.5, 0.6) is 0 Å². The van der Waals surface area contributed by atoms with E-state index in [1.165, 1.54) is 18.2 Å². The Morgan fingerprint density at radius 3 is 2.97 bits per heavy atom. The van der Waals surface area contributed by atoms with E-state index in [1.807, 2.05) is 6.07 Å². The molecule has 0 radical (unpaired) electrons. The molecule has 0 spiro atoms. The molecule has 0 aliphatic carbocycles. The standard InChI is InChI=1S/C25H27FN6O5/c1-36-8-3-5-19-18(11-27)12-28-23(22(19)26)30-25(35)32-6-2-4-16-10-17(20(14-33)29-24(16)32)13-31-7-9-37-15-21(31)34/h10,12,14H,2-9,13,15H2,1H3,(H,28,30,35). The number of urea groups is 1. The van der Waals surface area contributed by atoms with Crippen molar-refractivity contribution in [3.8, 4) is 6.07 Å². The van der Waals surface area contributed by atoms with Crippen molar-refractivity contribution >= 4 is 29.9 Å². The first-order valence-electron chi connectivity index (χ1n) is 11.9. The third-order valence-electron chi connectivity index (χ3n) is 6.32. The Balaban J connectivity index is 1.57. The summed E-state index contributed by atoms with van der Waals surface area (Å²) < 4.78 is 25.4. The number of nitrogens with zero attached hydrogens (tertiary/aromatic N) is 5. The van der Waals surface area contributed by atoms with Crippen LogP contribution in [0.4, 0.5) is 20.8 Å². The zero-order valence-electron chi connectivity index (χ0n) is 20.5. The van der Waals surface area contributed by atoms with E-state index in [1.54, 1.807) is 11.0 Å². The Morgan fingerprint density at radius 2 is 2.24 bits per heavy atom. The van der Waals surface area contributed by atoms with Crippen LogP contribution in [0.1, 0.15) is 45.6 Å². The Bertz CT molecular complexity index is 1250. The average Bonchev–Trinajstić information content (AvgIpc) is 2.91. The molecule has 2 aliphatic heterocycles. The normalized spacial score (nSPS) is 15.2. The van der Waals surface area contributed by atoms with Crippen LogP contribution >= 0.6 is 0 Å². The first kappa shape index (κ1) is 26.1. The fourth-order valence-electron chi connectivity index (χ4n) is 4.42. The van der Waals surface area contributed by atoms with Crippen molar-refractivity contribution < 1.29 is 28.2 Å². The molecule has 37 heavy (non-hydrogen) atoms. The molecular weight excluding hydrogens is 483 g/mol. The van der Waals surface area contributed by atoms with Crippen LogP contribution in [0.3, 0.4) is 0 Å². The van der Waals surface area contributed by atoms with E-state index < -0.39 is 11.8 Å². The number of hydrogen-bond acceptors (Lipinski definition) is 8. The van der Waals surface area contributed by atoms with E-state index in [4.69, 9.17) is 9.47 Å². The highest BCUT2D eigenvalue weighted by atomic mass is 19.1. The summed E-state index contributed by atoms with van der Waals surface area (Å²) in [5.41, 5.74) is 1.72. The van der Waals surface area contributed by atoms with Crippen molar-refractivity contribution in [2.75, 3.05) is 50.2 Å². The van der Waals surface area contributed by atoms with Crippen LogP contribution < -0.4 is 10.2 Å². The molecular formula is C25H27FN6O5. The minimum atomic E-state index is -0.771. The lowest BCUT2D eigenvalue weighted by atomic mass is 10.0. The first-order valence-corrected chi connectivity index (χ1v) is 11.9. The Labute approximate surface area is 213 Å². The molecule has 0 aromatic carbocycles. The molecule has 12 heteroatoms. The summed E-state index contributed by atoms with van der Waals surface area (Å²) in [6, 6.07) is 3.07. The van der Waals surface area contributed by atoms with Crippen molar-refractivity contribution in [3.05, 3.63) is 46.0 Å². The number of halogens is 1. The van der Waals surface area contributed by atoms with Gasteiger partial charge in [0.05, 0.1) is 12.2 Å². The number of carbonyl (C=O) groups is 3. The van der Waals surface area contributed by atoms with Crippen LogP contribution in [0.15, 0.2) is 12.3 Å². The molecule has 194 valence electrons. The lowest BCUT2D eigenvalue weighted by Gasteiger charge is -2.31. The van der Waals surface area contributed by atoms with Crippen molar-refractivity contribution in [3.63, 3.8) is 0 Å². The quantitative estimate of drug-likeness (QED) is 0.422. The number of aromatic nitrogens is 2. The number of nitrogens with one attached hydrogen (secondary N) is 1. The summed E-state index contributed by atoms with van der Waals surface area (Å²) in [6.07, 6.45) is 3.83. The molecule has 0 bridgehead atoms. The van der Waals surface area contributed by atoms with Gasteiger partial charge in [0.25, 0.3) is 0 Å². The number of fused-ring (bicyclic) bond motifs is 1. The number of amides is 3. The fourth-order valence-corrected chi connectivity index (χ4v) is 4.42. The minimum absolute atomic E-state index is 0.00320. The van der Waals surface area contributed by atoms with Gasteiger partial charge in [0, 0.05) is 50.7 Å². The number of pyridine rings is 2. The molecule has 1 fully saturated rings. The van der Waals surface area contributed by atoms with Crippen molar-refractivity contribution in [2.45, 2.75) is 32.2 Å². The van der Waals surface area contributed by atoms with E-state index in [0.717, 1.165) is 5.56 Å². The number of nitriles is 1. The molecule has 2 aromatic heterocycles. The van der Waals surface area contributed by atoms with Gasteiger partial charge in [-0.1, -0.05) is 0 Å². The van der Waals surface area contributed by atoms with Crippen LogP contribution in [0, 0.1) is 17.1 Å². The van der Waals surface area contributed by atoms with Gasteiger partial charge in [-0.3, -0.25) is 19.8 Å². The summed E-state index contributed by atoms with van der Waals surface area (Å²) in [4.78, 5) is 48.5. The maximum Gasteiger partial charge on any atom is 0.328 e. The summed E-state index contributed by atoms with van der Waals surface area (Å²) in [7, 11) is 1.53. The first-order chi connectivity index (χ1) is 18.0. The lowest BCUT2D eigenvalue weighted by molar-refractivity contribution is -0.143. The van der Waals surface area contributed by atoms with Gasteiger partial charge in [-0.15, -0.1) is 0 Å². The van der Waals surface area contributed by atoms with Gasteiger partial charge in [-0.05, 0) is 37.3 Å². The van der Waals surface area contributed by atoms with E-state index in [-0.39, 0.29) is 48.1 Å². The third kappa shape index (κ3) is 5.73. The second kappa shape index (κ2) is 11.9. The van der Waals surface area contributed by atoms with Gasteiger partial charge in [-0.2, -0.15) is 5.26 Å². The largest absolute Gasteiger partial charge is 0.385 e. The second-order valence-electron chi connectivity index (χ2n) is 8.71. The summed E-state index contributed by atoms with van der Waals surface area (Å²) in [5, 5.41) is 11.8. The highest BCUT2D eigenvalue weighted by Gasteiger charge is 2.28. The molecule has 11 nitrogen and oxygen atoms in total. The third-order valence-corrected chi connectivity index (χ3v) is 6.32. The van der Waals surface area contributed by atoms with Gasteiger partial charge in [0.15, 0.2) is 17.9 Å². The van der Waals surface area contributed by atoms with Crippen molar-refractivity contribution in [1.82, 2.24) is 14.9 Å². The van der Waals surface area contributed by atoms with Gasteiger partial charge < -0.3 is 14.4 Å². The number of aryl methyl sites for hydroxylation is 1. The molecule has 2 aromatic rings. The number of carbonyl (C=O) groups excluding carboxylic acids is 3. The second-order valence-corrected chi connectivity index (χ2v) is 8.71. The predicted octanol–water partition coefficient (Wildman–Crippen LogP) is 2.22. The molecule has 1 N–H and O–H groups in total. The Hall–Kier alpha value is -3.95. The van der Waals surface area contributed by atoms with Gasteiger partial charge in [-0.25, -0.2) is 19.2 Å². The Morgan fingerprint density at radius 1 is 1.41 bits per heavy atom. The number of hydrogen-bond donors (Lipinski definition) is 1. The molecule has 4 heterocycles. The predicted molar refractivity (Wildman–Crippen MR) is 130 cm³/mol. The average molecular weight is 511 g/mol. The fraction of sp³-hybridized carbons (Fsp3) is 0.440. The molecule has 2 aliphatic rings. The van der Waals surface area contributed by atoms with Crippen LogP contribution in [-0.2, 0) is 33.7 Å². The van der Waals surface area contributed by atoms with E-state index in [0.29, 0.717) is 63.2 Å². The highest BCUT2D eigenvalue weighted by Crippen LogP contribution is 2.29. The minimum Gasteiger partial charge on any atom is -0.385 e. The molecule has 0 atom stereocenters. The topological polar surface area (TPSA) is 138 Å². The molecule has 3 amide bonds. The Kier molecular flexibility index (Phi) is 8.37. The van der Waals surface area contributed by atoms with Crippen molar-refractivity contribution in [2.24, 2.45) is 0 Å². The zero-order chi connectivity index (χ0) is 26.4. The monoisotopic (exact) mass is 510 g/mol. The van der Waals surface area contributed by atoms with Gasteiger partial charge in [0.1, 0.15) is 24.2 Å². The summed E-state index contributed by atoms with van der Waals surface area (Å²) in [6.45, 7) is 1.75. The molecule has 4 rings (SSSR count). The molecule has 0 unspecified atom stereocenters. The lowest BCUT2D eigenvalue weighted by Crippen LogP contribution is -2.42. The number of methoxy groups -OCH3 is 1. The van der Waals surface area contributed by atoms with Crippen LogP contribution in [-0.4, -0.2) is 73.1 Å². The summed E-state index contributed by atoms with van der Waals surface area (Å²) in [5.74, 6) is -0.924. The number of morpholine rings is 1. The zero-order valence-corrected chi connectivity index (χ0v) is 20.5. The van der Waals surface area contributed by atoms with Crippen LogP contribution in [0.2, 0.25) is 0 Å². The number of rotatable bonds is 8. The highest BCUT2D eigenvalue weighted by molar-refractivity contribution is 6.01. The molecule has 0 saturated carbocycles. The maximum atomic E-state index is 15.2. The van der Waals surface area contributed by atoms with E-state index >= 15 is 4.39 Å². The van der Waals surface area contributed by atoms with Gasteiger partial charge in [0.2, 0.25) is 5.91 Å². The SMILES string of the molecule is COCCCc1c(C#N)cnc(NC(=O)N2CCCc3cc(CN4CCOCC4=O)c(C=O)nc32)c1F. The van der Waals surface area contributed by atoms with Gasteiger partial charge >= 0.3 is 6.03 Å². The van der Waals surface area contributed by atoms with E-state index in [2.05, 4.69) is 15.3 Å². The summed E-state index contributed by atoms with van der Waals surface area (Å²) >= 11 is 0. The van der Waals surface area contributed by atoms with Crippen LogP contribution in [0.25, 0.3) is 0 Å². The maximum absolute atomic E-state index is 15.2. The number of anilines is 2. The smallest absolute Gasteiger partial charge is 0.328 e. The number of aldehydes is 1. The molecule has 1 saturated heterocycles. The van der Waals surface area contributed by atoms with E-state index in [9.17, 15) is 19.6 Å². The number of ether oxygens (including phenoxy) is 2. The van der Waals surface area contributed by atoms with Crippen molar-refractivity contribution in [1.29, 1.82) is 5.26 Å².